The fraction of sp³-hybridized carbons (Fsp3) is 0.600. The van der Waals surface area contributed by atoms with Crippen LogP contribution in [0.4, 0.5) is 4.39 Å². The van der Waals surface area contributed by atoms with Crippen molar-refractivity contribution in [2.24, 2.45) is 0 Å². The summed E-state index contributed by atoms with van der Waals surface area (Å²) in [5.74, 6) is -0.160. The average molecular weight is 224 g/mol. The fourth-order valence-electron chi connectivity index (χ4n) is 1.40. The first kappa shape index (κ1) is 15.2. The summed E-state index contributed by atoms with van der Waals surface area (Å²) >= 11 is 0. The Labute approximate surface area is 99.9 Å². The Kier molecular flexibility index (Phi) is 10.1. The molecule has 0 aliphatic carbocycles. The second-order valence-corrected chi connectivity index (χ2v) is 4.04. The third-order valence-corrected chi connectivity index (χ3v) is 2.53. The molecule has 1 aromatic rings. The van der Waals surface area contributed by atoms with Gasteiger partial charge < -0.3 is 0 Å². The predicted molar refractivity (Wildman–Crippen MR) is 70.2 cm³/mol. The van der Waals surface area contributed by atoms with E-state index in [0.717, 1.165) is 6.42 Å². The lowest BCUT2D eigenvalue weighted by molar-refractivity contribution is 0.627. The Balaban J connectivity index is 0.000000293. The van der Waals surface area contributed by atoms with Crippen LogP contribution in [0, 0.1) is 5.82 Å². The van der Waals surface area contributed by atoms with Gasteiger partial charge in [0, 0.05) is 0 Å². The highest BCUT2D eigenvalue weighted by atomic mass is 19.1. The minimum atomic E-state index is -0.160. The van der Waals surface area contributed by atoms with Crippen LogP contribution in [0.1, 0.15) is 58.4 Å². The summed E-state index contributed by atoms with van der Waals surface area (Å²) in [5, 5.41) is 0. The number of hydrogen-bond acceptors (Lipinski definition) is 0. The van der Waals surface area contributed by atoms with E-state index in [4.69, 9.17) is 0 Å². The van der Waals surface area contributed by atoms with Gasteiger partial charge in [0.05, 0.1) is 0 Å². The molecular formula is C15H25F. The van der Waals surface area contributed by atoms with Crippen molar-refractivity contribution in [2.75, 3.05) is 0 Å². The summed E-state index contributed by atoms with van der Waals surface area (Å²) in [6, 6.07) is 6.57. The van der Waals surface area contributed by atoms with E-state index in [2.05, 4.69) is 13.8 Å². The molecule has 0 radical (unpaired) electrons. The maximum absolute atomic E-state index is 12.2. The van der Waals surface area contributed by atoms with Gasteiger partial charge in [0.15, 0.2) is 0 Å². The van der Waals surface area contributed by atoms with E-state index in [0.29, 0.717) is 0 Å². The third kappa shape index (κ3) is 8.46. The lowest BCUT2D eigenvalue weighted by Crippen LogP contribution is -1.78. The highest BCUT2D eigenvalue weighted by Crippen LogP contribution is 2.02. The quantitative estimate of drug-likeness (QED) is 0.590. The van der Waals surface area contributed by atoms with Crippen molar-refractivity contribution in [3.8, 4) is 0 Å². The first-order valence-electron chi connectivity index (χ1n) is 6.49. The number of aryl methyl sites for hydroxylation is 1. The van der Waals surface area contributed by atoms with E-state index in [1.54, 1.807) is 12.1 Å². The molecule has 16 heavy (non-hydrogen) atoms. The highest BCUT2D eigenvalue weighted by molar-refractivity contribution is 5.15. The third-order valence-electron chi connectivity index (χ3n) is 2.53. The molecule has 0 aromatic heterocycles. The Morgan fingerprint density at radius 1 is 0.812 bits per heavy atom. The van der Waals surface area contributed by atoms with Crippen LogP contribution in [0.25, 0.3) is 0 Å². The van der Waals surface area contributed by atoms with Crippen LogP contribution in [0.15, 0.2) is 24.3 Å². The molecule has 0 saturated heterocycles. The van der Waals surface area contributed by atoms with Gasteiger partial charge in [0.25, 0.3) is 0 Å². The van der Waals surface area contributed by atoms with Crippen LogP contribution >= 0.6 is 0 Å². The number of unbranched alkanes of at least 4 members (excludes halogenated alkanes) is 4. The van der Waals surface area contributed by atoms with Crippen LogP contribution < -0.4 is 0 Å². The molecular weight excluding hydrogens is 199 g/mol. The van der Waals surface area contributed by atoms with Gasteiger partial charge in [-0.05, 0) is 24.1 Å². The predicted octanol–water partition coefficient (Wildman–Crippen LogP) is 5.36. The summed E-state index contributed by atoms with van der Waals surface area (Å²) in [5.41, 5.74) is 1.18. The van der Waals surface area contributed by atoms with Gasteiger partial charge in [-0.25, -0.2) is 4.39 Å². The second kappa shape index (κ2) is 10.7. The van der Waals surface area contributed by atoms with E-state index >= 15 is 0 Å². The Bertz CT molecular complexity index is 234. The average Bonchev–Trinajstić information content (AvgIpc) is 2.32. The van der Waals surface area contributed by atoms with Gasteiger partial charge in [-0.2, -0.15) is 0 Å². The summed E-state index contributed by atoms with van der Waals surface area (Å²) in [7, 11) is 0. The molecule has 1 rings (SSSR count). The van der Waals surface area contributed by atoms with Crippen molar-refractivity contribution in [3.63, 3.8) is 0 Å². The summed E-state index contributed by atoms with van der Waals surface area (Å²) in [6.07, 6.45) is 7.98. The molecule has 0 atom stereocenters. The molecule has 0 bridgehead atoms. The maximum Gasteiger partial charge on any atom is 0.123 e. The Morgan fingerprint density at radius 2 is 1.31 bits per heavy atom. The molecule has 0 amide bonds. The molecule has 0 unspecified atom stereocenters. The van der Waals surface area contributed by atoms with Crippen molar-refractivity contribution in [1.82, 2.24) is 0 Å². The molecule has 1 aromatic carbocycles. The lowest BCUT2D eigenvalue weighted by Gasteiger charge is -1.92. The van der Waals surface area contributed by atoms with Crippen LogP contribution in [-0.4, -0.2) is 0 Å². The summed E-state index contributed by atoms with van der Waals surface area (Å²) in [6.45, 7) is 6.54. The largest absolute Gasteiger partial charge is 0.207 e. The molecule has 0 heterocycles. The van der Waals surface area contributed by atoms with Crippen molar-refractivity contribution in [1.29, 1.82) is 0 Å². The van der Waals surface area contributed by atoms with E-state index in [9.17, 15) is 4.39 Å². The molecule has 0 saturated carbocycles. The fourth-order valence-corrected chi connectivity index (χ4v) is 1.40. The zero-order valence-electron chi connectivity index (χ0n) is 10.9. The summed E-state index contributed by atoms with van der Waals surface area (Å²) < 4.78 is 12.2. The van der Waals surface area contributed by atoms with Gasteiger partial charge in [0.1, 0.15) is 5.82 Å². The van der Waals surface area contributed by atoms with E-state index < -0.39 is 0 Å². The van der Waals surface area contributed by atoms with Gasteiger partial charge in [0.2, 0.25) is 0 Å². The first-order chi connectivity index (χ1) is 7.74. The minimum Gasteiger partial charge on any atom is -0.207 e. The Hall–Kier alpha value is -0.850. The normalized spacial score (nSPS) is 9.50. The minimum absolute atomic E-state index is 0.160. The lowest BCUT2D eigenvalue weighted by atomic mass is 10.2. The molecule has 92 valence electrons. The standard InChI is InChI=1S/C8H9F.C7H16/c1-2-7-3-5-8(9)6-4-7;1-3-5-7-6-4-2/h3-6H,2H2,1H3;3-7H2,1-2H3. The molecule has 0 aliphatic rings. The van der Waals surface area contributed by atoms with Crippen molar-refractivity contribution in [3.05, 3.63) is 35.6 Å². The van der Waals surface area contributed by atoms with E-state index in [-0.39, 0.29) is 5.82 Å². The van der Waals surface area contributed by atoms with Crippen LogP contribution in [0.2, 0.25) is 0 Å². The zero-order chi connectivity index (χ0) is 12.2. The molecule has 0 spiro atoms. The summed E-state index contributed by atoms with van der Waals surface area (Å²) in [4.78, 5) is 0. The van der Waals surface area contributed by atoms with E-state index in [1.807, 2.05) is 6.92 Å². The van der Waals surface area contributed by atoms with Crippen molar-refractivity contribution >= 4 is 0 Å². The molecule has 1 heteroatoms. The maximum atomic E-state index is 12.2. The van der Waals surface area contributed by atoms with Crippen LogP contribution in [0.3, 0.4) is 0 Å². The van der Waals surface area contributed by atoms with Crippen LogP contribution in [0.5, 0.6) is 0 Å². The molecule has 0 fully saturated rings. The van der Waals surface area contributed by atoms with Gasteiger partial charge >= 0.3 is 0 Å². The number of halogens is 1. The number of rotatable bonds is 5. The molecule has 0 nitrogen and oxygen atoms in total. The number of hydrogen-bond donors (Lipinski definition) is 0. The second-order valence-electron chi connectivity index (χ2n) is 4.04. The van der Waals surface area contributed by atoms with Gasteiger partial charge in [-0.3, -0.25) is 0 Å². The first-order valence-corrected chi connectivity index (χ1v) is 6.49. The van der Waals surface area contributed by atoms with Crippen LogP contribution in [-0.2, 0) is 6.42 Å². The zero-order valence-corrected chi connectivity index (χ0v) is 10.9. The SMILES string of the molecule is CCCCCCC.CCc1ccc(F)cc1. The van der Waals surface area contributed by atoms with Gasteiger partial charge in [-0.1, -0.05) is 65.0 Å². The molecule has 0 N–H and O–H groups in total. The van der Waals surface area contributed by atoms with Gasteiger partial charge in [-0.15, -0.1) is 0 Å². The van der Waals surface area contributed by atoms with E-state index in [1.165, 1.54) is 49.8 Å². The topological polar surface area (TPSA) is 0 Å². The van der Waals surface area contributed by atoms with Crippen molar-refractivity contribution in [2.45, 2.75) is 59.3 Å². The monoisotopic (exact) mass is 224 g/mol. The Morgan fingerprint density at radius 3 is 1.69 bits per heavy atom. The molecule has 0 aliphatic heterocycles. The smallest absolute Gasteiger partial charge is 0.123 e. The number of benzene rings is 1. The highest BCUT2D eigenvalue weighted by Gasteiger charge is 1.87. The van der Waals surface area contributed by atoms with Crippen molar-refractivity contribution < 1.29 is 4.39 Å².